The van der Waals surface area contributed by atoms with Gasteiger partial charge in [0, 0.05) is 14.1 Å². The van der Waals surface area contributed by atoms with Crippen LogP contribution in [0.1, 0.15) is 10.5 Å². The molecule has 0 aliphatic heterocycles. The average molecular weight is 211 g/mol. The van der Waals surface area contributed by atoms with Crippen molar-refractivity contribution in [1.29, 1.82) is 0 Å². The molecule has 0 spiro atoms. The largest absolute Gasteiger partial charge is 0.468 e. The molecule has 0 aromatic carbocycles. The standard InChI is InChI=1S/C9H13N3O3/c1-11(5-8(13)15-3)9(14)7-4-10-6-12(7)2/h4,6H,5H2,1-3H3. The molecule has 1 aromatic heterocycles. The maximum Gasteiger partial charge on any atom is 0.325 e. The van der Waals surface area contributed by atoms with Gasteiger partial charge in [0.15, 0.2) is 0 Å². The first-order valence-electron chi connectivity index (χ1n) is 4.35. The zero-order valence-electron chi connectivity index (χ0n) is 8.93. The van der Waals surface area contributed by atoms with E-state index in [1.165, 1.54) is 31.6 Å². The van der Waals surface area contributed by atoms with E-state index < -0.39 is 5.97 Å². The van der Waals surface area contributed by atoms with E-state index in [9.17, 15) is 9.59 Å². The van der Waals surface area contributed by atoms with Gasteiger partial charge in [0.25, 0.3) is 5.91 Å². The minimum atomic E-state index is -0.451. The zero-order valence-corrected chi connectivity index (χ0v) is 8.93. The van der Waals surface area contributed by atoms with E-state index in [2.05, 4.69) is 9.72 Å². The third-order valence-corrected chi connectivity index (χ3v) is 1.98. The Labute approximate surface area is 87.5 Å². The van der Waals surface area contributed by atoms with Crippen molar-refractivity contribution >= 4 is 11.9 Å². The summed E-state index contributed by atoms with van der Waals surface area (Å²) in [6.45, 7) is -0.0689. The minimum Gasteiger partial charge on any atom is -0.468 e. The van der Waals surface area contributed by atoms with Gasteiger partial charge in [0.05, 0.1) is 19.6 Å². The second kappa shape index (κ2) is 4.59. The fourth-order valence-corrected chi connectivity index (χ4v) is 1.09. The van der Waals surface area contributed by atoms with Gasteiger partial charge in [0.1, 0.15) is 12.2 Å². The normalized spacial score (nSPS) is 9.80. The lowest BCUT2D eigenvalue weighted by Crippen LogP contribution is -2.33. The summed E-state index contributed by atoms with van der Waals surface area (Å²) in [4.78, 5) is 27.8. The van der Waals surface area contributed by atoms with Crippen LogP contribution in [0.2, 0.25) is 0 Å². The first kappa shape index (κ1) is 11.2. The highest BCUT2D eigenvalue weighted by molar-refractivity contribution is 5.94. The number of imidazole rings is 1. The molecule has 0 aliphatic rings. The molecule has 1 heterocycles. The first-order chi connectivity index (χ1) is 7.06. The van der Waals surface area contributed by atoms with Gasteiger partial charge in [-0.05, 0) is 0 Å². The van der Waals surface area contributed by atoms with E-state index in [0.717, 1.165) is 0 Å². The predicted octanol–water partition coefficient (Wildman–Crippen LogP) is -0.335. The fourth-order valence-electron chi connectivity index (χ4n) is 1.09. The summed E-state index contributed by atoms with van der Waals surface area (Å²) >= 11 is 0. The molecule has 0 unspecified atom stereocenters. The number of esters is 1. The van der Waals surface area contributed by atoms with E-state index in [-0.39, 0.29) is 12.5 Å². The third kappa shape index (κ3) is 2.55. The Hall–Kier alpha value is -1.85. The number of methoxy groups -OCH3 is 1. The highest BCUT2D eigenvalue weighted by Crippen LogP contribution is 2.01. The van der Waals surface area contributed by atoms with Crippen molar-refractivity contribution in [2.75, 3.05) is 20.7 Å². The van der Waals surface area contributed by atoms with Gasteiger partial charge in [-0.1, -0.05) is 0 Å². The van der Waals surface area contributed by atoms with Crippen molar-refractivity contribution in [3.05, 3.63) is 18.2 Å². The number of ether oxygens (including phenoxy) is 1. The van der Waals surface area contributed by atoms with Gasteiger partial charge in [0.2, 0.25) is 0 Å². The molecule has 6 heteroatoms. The predicted molar refractivity (Wildman–Crippen MR) is 52.2 cm³/mol. The molecule has 6 nitrogen and oxygen atoms in total. The van der Waals surface area contributed by atoms with E-state index >= 15 is 0 Å². The number of hydrogen-bond acceptors (Lipinski definition) is 4. The molecule has 1 aromatic rings. The quantitative estimate of drug-likeness (QED) is 0.642. The Bertz CT molecular complexity index is 372. The van der Waals surface area contributed by atoms with Crippen molar-refractivity contribution in [3.63, 3.8) is 0 Å². The Balaban J connectivity index is 2.69. The maximum atomic E-state index is 11.7. The van der Waals surface area contributed by atoms with Crippen LogP contribution in [-0.4, -0.2) is 47.0 Å². The first-order valence-corrected chi connectivity index (χ1v) is 4.35. The minimum absolute atomic E-state index is 0.0689. The lowest BCUT2D eigenvalue weighted by atomic mass is 10.4. The van der Waals surface area contributed by atoms with Crippen LogP contribution < -0.4 is 0 Å². The molecule has 0 radical (unpaired) electrons. The highest BCUT2D eigenvalue weighted by atomic mass is 16.5. The van der Waals surface area contributed by atoms with Crippen molar-refractivity contribution in [2.45, 2.75) is 0 Å². The summed E-state index contributed by atoms with van der Waals surface area (Å²) in [5.74, 6) is -0.714. The molecule has 1 amide bonds. The number of aromatic nitrogens is 2. The molecule has 1 rings (SSSR count). The fraction of sp³-hybridized carbons (Fsp3) is 0.444. The van der Waals surface area contributed by atoms with Gasteiger partial charge >= 0.3 is 5.97 Å². The Morgan fingerprint density at radius 2 is 2.27 bits per heavy atom. The average Bonchev–Trinajstić information content (AvgIpc) is 2.63. The number of likely N-dealkylation sites (N-methyl/N-ethyl adjacent to an activating group) is 1. The molecular weight excluding hydrogens is 198 g/mol. The molecule has 0 fully saturated rings. The Morgan fingerprint density at radius 1 is 1.60 bits per heavy atom. The number of aryl methyl sites for hydroxylation is 1. The van der Waals surface area contributed by atoms with Crippen molar-refractivity contribution < 1.29 is 14.3 Å². The summed E-state index contributed by atoms with van der Waals surface area (Å²) in [5, 5.41) is 0. The van der Waals surface area contributed by atoms with Gasteiger partial charge in [-0.25, -0.2) is 4.98 Å². The van der Waals surface area contributed by atoms with Gasteiger partial charge in [-0.2, -0.15) is 0 Å². The topological polar surface area (TPSA) is 64.4 Å². The molecule has 0 atom stereocenters. The summed E-state index contributed by atoms with van der Waals surface area (Å²) < 4.78 is 6.06. The molecular formula is C9H13N3O3. The van der Waals surface area contributed by atoms with Gasteiger partial charge in [-0.15, -0.1) is 0 Å². The number of rotatable bonds is 3. The molecule has 15 heavy (non-hydrogen) atoms. The monoisotopic (exact) mass is 211 g/mol. The number of amides is 1. The van der Waals surface area contributed by atoms with Crippen molar-refractivity contribution in [2.24, 2.45) is 7.05 Å². The maximum absolute atomic E-state index is 11.7. The van der Waals surface area contributed by atoms with Gasteiger partial charge in [-0.3, -0.25) is 9.59 Å². The van der Waals surface area contributed by atoms with E-state index in [1.54, 1.807) is 11.6 Å². The number of hydrogen-bond donors (Lipinski definition) is 0. The van der Waals surface area contributed by atoms with Crippen molar-refractivity contribution in [3.8, 4) is 0 Å². The Kier molecular flexibility index (Phi) is 3.43. The van der Waals surface area contributed by atoms with Crippen LogP contribution >= 0.6 is 0 Å². The lowest BCUT2D eigenvalue weighted by Gasteiger charge is -2.15. The van der Waals surface area contributed by atoms with Crippen LogP contribution in [-0.2, 0) is 16.6 Å². The molecule has 82 valence electrons. The van der Waals surface area contributed by atoms with Crippen LogP contribution in [0.4, 0.5) is 0 Å². The van der Waals surface area contributed by atoms with Crippen LogP contribution in [0, 0.1) is 0 Å². The SMILES string of the molecule is COC(=O)CN(C)C(=O)c1cncn1C. The zero-order chi connectivity index (χ0) is 11.4. The summed E-state index contributed by atoms with van der Waals surface area (Å²) in [5.41, 5.74) is 0.432. The van der Waals surface area contributed by atoms with Crippen LogP contribution in [0.3, 0.4) is 0 Å². The second-order valence-corrected chi connectivity index (χ2v) is 3.13. The summed E-state index contributed by atoms with van der Waals surface area (Å²) in [6.07, 6.45) is 2.98. The number of nitrogens with zero attached hydrogens (tertiary/aromatic N) is 3. The molecule has 0 aliphatic carbocycles. The second-order valence-electron chi connectivity index (χ2n) is 3.13. The molecule has 0 bridgehead atoms. The smallest absolute Gasteiger partial charge is 0.325 e. The number of carbonyl (C=O) groups excluding carboxylic acids is 2. The van der Waals surface area contributed by atoms with Crippen LogP contribution in [0.15, 0.2) is 12.5 Å². The summed E-state index contributed by atoms with van der Waals surface area (Å²) in [7, 11) is 4.53. The third-order valence-electron chi connectivity index (χ3n) is 1.98. The number of carbonyl (C=O) groups is 2. The van der Waals surface area contributed by atoms with Crippen molar-refractivity contribution in [1.82, 2.24) is 14.5 Å². The Morgan fingerprint density at radius 3 is 2.73 bits per heavy atom. The molecule has 0 saturated heterocycles. The van der Waals surface area contributed by atoms with Crippen LogP contribution in [0.25, 0.3) is 0 Å². The lowest BCUT2D eigenvalue weighted by molar-refractivity contribution is -0.141. The molecule has 0 saturated carbocycles. The van der Waals surface area contributed by atoms with Crippen LogP contribution in [0.5, 0.6) is 0 Å². The van der Waals surface area contributed by atoms with E-state index in [0.29, 0.717) is 5.69 Å². The highest BCUT2D eigenvalue weighted by Gasteiger charge is 2.17. The molecule has 0 N–H and O–H groups in total. The van der Waals surface area contributed by atoms with Gasteiger partial charge < -0.3 is 14.2 Å². The summed E-state index contributed by atoms with van der Waals surface area (Å²) in [6, 6.07) is 0. The van der Waals surface area contributed by atoms with E-state index in [4.69, 9.17) is 0 Å². The van der Waals surface area contributed by atoms with E-state index in [1.807, 2.05) is 0 Å².